The highest BCUT2D eigenvalue weighted by Gasteiger charge is 2.49. The van der Waals surface area contributed by atoms with Crippen LogP contribution in [0.15, 0.2) is 109 Å². The summed E-state index contributed by atoms with van der Waals surface area (Å²) >= 11 is 0. The summed E-state index contributed by atoms with van der Waals surface area (Å²) in [5, 5.41) is 0. The van der Waals surface area contributed by atoms with Crippen LogP contribution in [0.25, 0.3) is 22.3 Å². The molecule has 6 aromatic carbocycles. The monoisotopic (exact) mass is 914 g/mol. The number of amides is 8. The number of hydrogen-bond donors (Lipinski definition) is 0. The summed E-state index contributed by atoms with van der Waals surface area (Å²) in [6.45, 7) is 0. The first kappa shape index (κ1) is 42.2. The lowest BCUT2D eigenvalue weighted by Gasteiger charge is -2.18. The van der Waals surface area contributed by atoms with Crippen LogP contribution in [0.3, 0.4) is 0 Å². The Morgan fingerprint density at radius 3 is 1.34 bits per heavy atom. The van der Waals surface area contributed by atoms with Gasteiger partial charge in [0.1, 0.15) is 11.5 Å². The predicted molar refractivity (Wildman–Crippen MR) is 222 cm³/mol. The molecule has 6 aromatic rings. The SMILES string of the molecule is CN1C(=O)c2ccc(-c3ccc4c(c3)C(=O)N(c3ccc(Oc5ccc(N6C(=O)c7ccc(-c8cc9c(c(C(F)(F)F)c8)C(=O)N(C)C9=O)c(C(F)(F)F)c7C6=O)cc5)cc3)C4=O)cc2C1=O. The number of hydrogen-bond acceptors (Lipinski definition) is 9. The van der Waals surface area contributed by atoms with Gasteiger partial charge in [-0.2, -0.15) is 26.3 Å². The molecule has 4 aliphatic heterocycles. The number of carbonyl (C=O) groups excluding carboxylic acids is 8. The number of rotatable bonds is 6. The third kappa shape index (κ3) is 6.33. The summed E-state index contributed by atoms with van der Waals surface area (Å²) in [6.07, 6.45) is -10.7. The minimum Gasteiger partial charge on any atom is -0.457 e. The summed E-state index contributed by atoms with van der Waals surface area (Å²) in [5.41, 5.74) is -6.92. The van der Waals surface area contributed by atoms with Crippen LogP contribution >= 0.6 is 0 Å². The van der Waals surface area contributed by atoms with Gasteiger partial charge in [-0.3, -0.25) is 48.2 Å². The van der Waals surface area contributed by atoms with Gasteiger partial charge in [0.05, 0.1) is 67.0 Å². The number of nitrogens with zero attached hydrogens (tertiary/aromatic N) is 4. The summed E-state index contributed by atoms with van der Waals surface area (Å²) < 4.78 is 93.3. The molecular formula is C48H24F6N4O9. The number of fused-ring (bicyclic) bond motifs is 4. The molecule has 0 aromatic heterocycles. The average molecular weight is 915 g/mol. The van der Waals surface area contributed by atoms with Gasteiger partial charge in [-0.25, -0.2) is 9.80 Å². The van der Waals surface area contributed by atoms with Crippen LogP contribution in [-0.2, 0) is 12.4 Å². The largest absolute Gasteiger partial charge is 0.457 e. The van der Waals surface area contributed by atoms with E-state index in [0.29, 0.717) is 33.1 Å². The molecule has 0 spiro atoms. The fourth-order valence-electron chi connectivity index (χ4n) is 8.62. The van der Waals surface area contributed by atoms with Crippen molar-refractivity contribution in [1.82, 2.24) is 9.80 Å². The van der Waals surface area contributed by atoms with Crippen LogP contribution in [-0.4, -0.2) is 71.2 Å². The molecule has 19 heteroatoms. The van der Waals surface area contributed by atoms with Crippen molar-refractivity contribution in [3.63, 3.8) is 0 Å². The molecule has 0 unspecified atom stereocenters. The highest BCUT2D eigenvalue weighted by molar-refractivity contribution is 6.36. The van der Waals surface area contributed by atoms with Crippen LogP contribution in [0.1, 0.15) is 94.0 Å². The Balaban J connectivity index is 0.879. The number of carbonyl (C=O) groups is 8. The van der Waals surface area contributed by atoms with Gasteiger partial charge in [-0.05, 0) is 113 Å². The van der Waals surface area contributed by atoms with E-state index in [1.54, 1.807) is 18.2 Å². The molecule has 4 aliphatic rings. The Morgan fingerprint density at radius 2 is 0.791 bits per heavy atom. The summed E-state index contributed by atoms with van der Waals surface area (Å²) in [5.74, 6) is -6.85. The molecule has 332 valence electrons. The lowest BCUT2D eigenvalue weighted by molar-refractivity contribution is -0.138. The average Bonchev–Trinajstić information content (AvgIpc) is 3.88. The van der Waals surface area contributed by atoms with E-state index in [2.05, 4.69) is 0 Å². The van der Waals surface area contributed by atoms with Gasteiger partial charge in [0.15, 0.2) is 0 Å². The number of ether oxygens (including phenoxy) is 1. The summed E-state index contributed by atoms with van der Waals surface area (Å²) in [7, 11) is 2.30. The van der Waals surface area contributed by atoms with Crippen LogP contribution in [0, 0.1) is 0 Å². The molecule has 13 nitrogen and oxygen atoms in total. The zero-order valence-electron chi connectivity index (χ0n) is 34.1. The number of halogens is 6. The number of anilines is 2. The first-order valence-corrected chi connectivity index (χ1v) is 19.7. The van der Waals surface area contributed by atoms with Gasteiger partial charge in [0.2, 0.25) is 0 Å². The van der Waals surface area contributed by atoms with E-state index in [4.69, 9.17) is 4.74 Å². The normalized spacial score (nSPS) is 15.6. The second-order valence-electron chi connectivity index (χ2n) is 15.7. The maximum absolute atomic E-state index is 14.9. The number of benzene rings is 6. The summed E-state index contributed by atoms with van der Waals surface area (Å²) in [4.78, 5) is 107. The Bertz CT molecular complexity index is 3350. The van der Waals surface area contributed by atoms with Crippen molar-refractivity contribution in [3.05, 3.63) is 165 Å². The van der Waals surface area contributed by atoms with E-state index < -0.39 is 104 Å². The fourth-order valence-corrected chi connectivity index (χ4v) is 8.62. The van der Waals surface area contributed by atoms with Gasteiger partial charge in [0, 0.05) is 14.1 Å². The summed E-state index contributed by atoms with van der Waals surface area (Å²) in [6, 6.07) is 22.8. The third-order valence-corrected chi connectivity index (χ3v) is 11.9. The van der Waals surface area contributed by atoms with Crippen molar-refractivity contribution in [1.29, 1.82) is 0 Å². The van der Waals surface area contributed by atoms with Crippen molar-refractivity contribution < 1.29 is 69.4 Å². The molecule has 0 saturated heterocycles. The fraction of sp³-hybridized carbons (Fsp3) is 0.0833. The first-order chi connectivity index (χ1) is 31.6. The first-order valence-electron chi connectivity index (χ1n) is 19.7. The predicted octanol–water partition coefficient (Wildman–Crippen LogP) is 8.90. The van der Waals surface area contributed by atoms with Gasteiger partial charge < -0.3 is 4.74 Å². The molecule has 0 atom stereocenters. The highest BCUT2D eigenvalue weighted by Crippen LogP contribution is 2.47. The third-order valence-electron chi connectivity index (χ3n) is 11.9. The second-order valence-corrected chi connectivity index (χ2v) is 15.7. The minimum absolute atomic E-state index is 0.110. The lowest BCUT2D eigenvalue weighted by atomic mass is 9.89. The maximum atomic E-state index is 14.9. The zero-order valence-corrected chi connectivity index (χ0v) is 34.1. The van der Waals surface area contributed by atoms with E-state index in [-0.39, 0.29) is 45.1 Å². The van der Waals surface area contributed by atoms with E-state index >= 15 is 0 Å². The Morgan fingerprint density at radius 1 is 0.373 bits per heavy atom. The molecule has 0 saturated carbocycles. The quantitative estimate of drug-likeness (QED) is 0.118. The Kier molecular flexibility index (Phi) is 9.06. The van der Waals surface area contributed by atoms with Crippen molar-refractivity contribution in [2.24, 2.45) is 0 Å². The molecule has 8 amide bonds. The molecule has 4 heterocycles. The molecule has 10 rings (SSSR count). The maximum Gasteiger partial charge on any atom is 0.417 e. The lowest BCUT2D eigenvalue weighted by Crippen LogP contribution is -2.29. The van der Waals surface area contributed by atoms with E-state index in [1.165, 1.54) is 73.8 Å². The van der Waals surface area contributed by atoms with Crippen molar-refractivity contribution in [2.75, 3.05) is 23.9 Å². The van der Waals surface area contributed by atoms with E-state index in [9.17, 15) is 64.7 Å². The molecule has 0 radical (unpaired) electrons. The van der Waals surface area contributed by atoms with Crippen molar-refractivity contribution in [2.45, 2.75) is 12.4 Å². The van der Waals surface area contributed by atoms with Crippen molar-refractivity contribution >= 4 is 58.6 Å². The van der Waals surface area contributed by atoms with Crippen LogP contribution in [0.5, 0.6) is 11.5 Å². The van der Waals surface area contributed by atoms with E-state index in [1.807, 2.05) is 0 Å². The van der Waals surface area contributed by atoms with Gasteiger partial charge in [0.25, 0.3) is 47.3 Å². The van der Waals surface area contributed by atoms with Gasteiger partial charge in [-0.1, -0.05) is 18.2 Å². The molecule has 0 aliphatic carbocycles. The standard InChI is InChI=1S/C48H24F6N4O9/c1-55-39(59)29-13-3-21(17-32(29)40(55)60)22-4-14-30-33(18-22)44(64)57(42(30)62)24-5-9-26(10-6-24)67-27-11-7-25(8-12-27)58-43(63)31-16-15-28(38(48(52,53)54)37(31)46(58)66)23-19-34-36(35(20-23)47(49,50)51)45(65)56(2)41(34)61/h3-20H,1-2H3. The van der Waals surface area contributed by atoms with E-state index in [0.717, 1.165) is 29.0 Å². The molecule has 0 bridgehead atoms. The highest BCUT2D eigenvalue weighted by atomic mass is 19.4. The Labute approximate surface area is 372 Å². The van der Waals surface area contributed by atoms with Crippen LogP contribution in [0.4, 0.5) is 37.7 Å². The molecule has 67 heavy (non-hydrogen) atoms. The van der Waals surface area contributed by atoms with Crippen LogP contribution < -0.4 is 14.5 Å². The number of imide groups is 4. The topological polar surface area (TPSA) is 159 Å². The van der Waals surface area contributed by atoms with Gasteiger partial charge >= 0.3 is 12.4 Å². The number of alkyl halides is 6. The minimum atomic E-state index is -5.41. The molecular weight excluding hydrogens is 891 g/mol. The van der Waals surface area contributed by atoms with Crippen molar-refractivity contribution in [3.8, 4) is 33.8 Å². The second kappa shape index (κ2) is 14.4. The molecule has 0 fully saturated rings. The van der Waals surface area contributed by atoms with Gasteiger partial charge in [-0.15, -0.1) is 0 Å². The Hall–Kier alpha value is -8.74. The molecule has 0 N–H and O–H groups in total. The smallest absolute Gasteiger partial charge is 0.417 e. The zero-order chi connectivity index (χ0) is 47.8. The van der Waals surface area contributed by atoms with Crippen LogP contribution in [0.2, 0.25) is 0 Å².